The minimum absolute atomic E-state index is 0.262. The van der Waals surface area contributed by atoms with Crippen LogP contribution in [0.3, 0.4) is 0 Å². The summed E-state index contributed by atoms with van der Waals surface area (Å²) in [4.78, 5) is 17.2. The van der Waals surface area contributed by atoms with Crippen LogP contribution in [0.4, 0.5) is 0 Å². The molecule has 144 valence electrons. The number of para-hydroxylation sites is 1. The maximum Gasteiger partial charge on any atom is 0.361 e. The van der Waals surface area contributed by atoms with Crippen LogP contribution in [-0.4, -0.2) is 18.8 Å². The SMILES string of the molecule is CCCCC(=NOC)C(=O)Oc1ccccc1COc1ccc(Cl)cc1C. The van der Waals surface area contributed by atoms with Gasteiger partial charge in [-0.05, 0) is 43.2 Å². The topological polar surface area (TPSA) is 57.1 Å². The Kier molecular flexibility index (Phi) is 8.14. The van der Waals surface area contributed by atoms with Crippen molar-refractivity contribution in [2.45, 2.75) is 39.7 Å². The maximum atomic E-state index is 12.4. The smallest absolute Gasteiger partial charge is 0.361 e. The molecule has 0 unspecified atom stereocenters. The third kappa shape index (κ3) is 6.29. The van der Waals surface area contributed by atoms with E-state index in [-0.39, 0.29) is 12.3 Å². The van der Waals surface area contributed by atoms with E-state index in [0.717, 1.165) is 29.7 Å². The number of hydrogen-bond acceptors (Lipinski definition) is 5. The molecule has 0 saturated heterocycles. The number of halogens is 1. The van der Waals surface area contributed by atoms with E-state index >= 15 is 0 Å². The summed E-state index contributed by atoms with van der Waals surface area (Å²) in [6.07, 6.45) is 2.28. The first-order valence-corrected chi connectivity index (χ1v) is 9.22. The van der Waals surface area contributed by atoms with Crippen LogP contribution in [0.1, 0.15) is 37.3 Å². The number of ether oxygens (including phenoxy) is 2. The van der Waals surface area contributed by atoms with Gasteiger partial charge in [-0.3, -0.25) is 0 Å². The Morgan fingerprint density at radius 3 is 2.63 bits per heavy atom. The molecule has 2 aromatic carbocycles. The number of carbonyl (C=O) groups is 1. The molecule has 0 fully saturated rings. The van der Waals surface area contributed by atoms with Gasteiger partial charge in [0, 0.05) is 17.0 Å². The van der Waals surface area contributed by atoms with E-state index in [9.17, 15) is 4.79 Å². The molecule has 2 aromatic rings. The summed E-state index contributed by atoms with van der Waals surface area (Å²) >= 11 is 5.97. The van der Waals surface area contributed by atoms with E-state index in [1.54, 1.807) is 18.2 Å². The summed E-state index contributed by atoms with van der Waals surface area (Å²) in [6, 6.07) is 12.7. The van der Waals surface area contributed by atoms with Crippen LogP contribution in [-0.2, 0) is 16.2 Å². The van der Waals surface area contributed by atoms with E-state index in [0.29, 0.717) is 17.2 Å². The van der Waals surface area contributed by atoms with Crippen LogP contribution in [0.25, 0.3) is 0 Å². The summed E-state index contributed by atoms with van der Waals surface area (Å²) in [5.74, 6) is 0.653. The van der Waals surface area contributed by atoms with Gasteiger partial charge >= 0.3 is 5.97 Å². The second-order valence-corrected chi connectivity index (χ2v) is 6.46. The van der Waals surface area contributed by atoms with E-state index in [1.807, 2.05) is 38.1 Å². The van der Waals surface area contributed by atoms with Crippen LogP contribution in [0.2, 0.25) is 5.02 Å². The first-order valence-electron chi connectivity index (χ1n) is 8.84. The molecule has 0 saturated carbocycles. The van der Waals surface area contributed by atoms with Crippen molar-refractivity contribution in [1.82, 2.24) is 0 Å². The lowest BCUT2D eigenvalue weighted by atomic mass is 10.1. The van der Waals surface area contributed by atoms with Gasteiger partial charge in [-0.25, -0.2) is 4.79 Å². The van der Waals surface area contributed by atoms with Crippen molar-refractivity contribution in [3.63, 3.8) is 0 Å². The average Bonchev–Trinajstić information content (AvgIpc) is 2.65. The van der Waals surface area contributed by atoms with Gasteiger partial charge in [0.1, 0.15) is 25.2 Å². The molecule has 0 bridgehead atoms. The first kappa shape index (κ1) is 20.8. The van der Waals surface area contributed by atoms with Gasteiger partial charge in [-0.2, -0.15) is 0 Å². The van der Waals surface area contributed by atoms with Crippen molar-refractivity contribution in [3.8, 4) is 11.5 Å². The lowest BCUT2D eigenvalue weighted by Crippen LogP contribution is -2.21. The van der Waals surface area contributed by atoms with Crippen molar-refractivity contribution in [2.24, 2.45) is 5.16 Å². The second kappa shape index (κ2) is 10.6. The number of benzene rings is 2. The minimum atomic E-state index is -0.513. The molecule has 0 aliphatic heterocycles. The summed E-state index contributed by atoms with van der Waals surface area (Å²) in [6.45, 7) is 4.23. The van der Waals surface area contributed by atoms with Gasteiger partial charge in [-0.15, -0.1) is 0 Å². The predicted molar refractivity (Wildman–Crippen MR) is 107 cm³/mol. The Morgan fingerprint density at radius 1 is 1.15 bits per heavy atom. The predicted octanol–water partition coefficient (Wildman–Crippen LogP) is 5.33. The van der Waals surface area contributed by atoms with Crippen LogP contribution in [0.5, 0.6) is 11.5 Å². The van der Waals surface area contributed by atoms with Crippen LogP contribution in [0.15, 0.2) is 47.6 Å². The van der Waals surface area contributed by atoms with E-state index in [2.05, 4.69) is 5.16 Å². The van der Waals surface area contributed by atoms with Crippen LogP contribution in [0, 0.1) is 6.92 Å². The molecule has 0 amide bonds. The number of unbranched alkanes of at least 4 members (excludes halogenated alkanes) is 1. The monoisotopic (exact) mass is 389 g/mol. The zero-order valence-electron chi connectivity index (χ0n) is 15.8. The molecule has 0 atom stereocenters. The number of carbonyl (C=O) groups excluding carboxylic acids is 1. The number of oxime groups is 1. The third-order valence-corrected chi connectivity index (χ3v) is 4.13. The third-order valence-electron chi connectivity index (χ3n) is 3.90. The Labute approximate surface area is 164 Å². The van der Waals surface area contributed by atoms with Gasteiger partial charge in [0.2, 0.25) is 0 Å². The number of rotatable bonds is 9. The van der Waals surface area contributed by atoms with Gasteiger partial charge in [0.05, 0.1) is 0 Å². The molecule has 0 N–H and O–H groups in total. The molecule has 0 aliphatic rings. The lowest BCUT2D eigenvalue weighted by molar-refractivity contribution is -0.127. The number of aryl methyl sites for hydroxylation is 1. The number of nitrogens with zero attached hydrogens (tertiary/aromatic N) is 1. The average molecular weight is 390 g/mol. The van der Waals surface area contributed by atoms with Crippen LogP contribution < -0.4 is 9.47 Å². The van der Waals surface area contributed by atoms with Crippen molar-refractivity contribution in [2.75, 3.05) is 7.11 Å². The molecule has 0 aliphatic carbocycles. The van der Waals surface area contributed by atoms with Crippen molar-refractivity contribution < 1.29 is 19.1 Å². The van der Waals surface area contributed by atoms with Gasteiger partial charge in [-0.1, -0.05) is 48.3 Å². The fraction of sp³-hybridized carbons (Fsp3) is 0.333. The van der Waals surface area contributed by atoms with Gasteiger partial charge in [0.15, 0.2) is 5.71 Å². The highest BCUT2D eigenvalue weighted by atomic mass is 35.5. The fourth-order valence-electron chi connectivity index (χ4n) is 2.45. The molecule has 0 spiro atoms. The molecule has 0 heterocycles. The Morgan fingerprint density at radius 2 is 1.93 bits per heavy atom. The highest BCUT2D eigenvalue weighted by Crippen LogP contribution is 2.25. The summed E-state index contributed by atoms with van der Waals surface area (Å²) < 4.78 is 11.4. The summed E-state index contributed by atoms with van der Waals surface area (Å²) in [5, 5.41) is 4.46. The number of esters is 1. The largest absolute Gasteiger partial charge is 0.488 e. The lowest BCUT2D eigenvalue weighted by Gasteiger charge is -2.13. The molecular weight excluding hydrogens is 366 g/mol. The zero-order valence-corrected chi connectivity index (χ0v) is 16.6. The van der Waals surface area contributed by atoms with Gasteiger partial charge in [0.25, 0.3) is 0 Å². The van der Waals surface area contributed by atoms with E-state index < -0.39 is 5.97 Å². The Hall–Kier alpha value is -2.53. The molecule has 2 rings (SSSR count). The van der Waals surface area contributed by atoms with Crippen molar-refractivity contribution >= 4 is 23.3 Å². The minimum Gasteiger partial charge on any atom is -0.488 e. The maximum absolute atomic E-state index is 12.4. The number of hydrogen-bond donors (Lipinski definition) is 0. The normalized spacial score (nSPS) is 11.2. The highest BCUT2D eigenvalue weighted by Gasteiger charge is 2.17. The van der Waals surface area contributed by atoms with Crippen LogP contribution >= 0.6 is 11.6 Å². The molecule has 5 nitrogen and oxygen atoms in total. The summed E-state index contributed by atoms with van der Waals surface area (Å²) in [7, 11) is 1.41. The standard InChI is InChI=1S/C21H24ClNO4/c1-4-5-9-18(23-25-3)21(24)27-20-10-7-6-8-16(20)14-26-19-12-11-17(22)13-15(19)2/h6-8,10-13H,4-5,9,14H2,1-3H3. The fourth-order valence-corrected chi connectivity index (χ4v) is 2.68. The van der Waals surface area contributed by atoms with Gasteiger partial charge < -0.3 is 14.3 Å². The Balaban J connectivity index is 2.10. The van der Waals surface area contributed by atoms with Crippen molar-refractivity contribution in [3.05, 3.63) is 58.6 Å². The summed E-state index contributed by atoms with van der Waals surface area (Å²) in [5.41, 5.74) is 1.96. The van der Waals surface area contributed by atoms with E-state index in [4.69, 9.17) is 25.9 Å². The molecular formula is C21H24ClNO4. The molecule has 0 aromatic heterocycles. The first-order chi connectivity index (χ1) is 13.0. The quantitative estimate of drug-likeness (QED) is 0.252. The zero-order chi connectivity index (χ0) is 19.6. The Bertz CT molecular complexity index is 805. The van der Waals surface area contributed by atoms with E-state index in [1.165, 1.54) is 7.11 Å². The molecule has 6 heteroatoms. The molecule has 27 heavy (non-hydrogen) atoms. The second-order valence-electron chi connectivity index (χ2n) is 6.02. The molecule has 0 radical (unpaired) electrons. The van der Waals surface area contributed by atoms with Crippen molar-refractivity contribution in [1.29, 1.82) is 0 Å². The highest BCUT2D eigenvalue weighted by molar-refractivity contribution is 6.36.